The molecule has 3 aromatic rings. The molecule has 1 aromatic heterocycles. The van der Waals surface area contributed by atoms with E-state index in [1.165, 1.54) is 0 Å². The number of hydrogen-bond donors (Lipinski definition) is 1. The van der Waals surface area contributed by atoms with Gasteiger partial charge in [-0.2, -0.15) is 0 Å². The Labute approximate surface area is 244 Å². The van der Waals surface area contributed by atoms with Crippen molar-refractivity contribution >= 4 is 46.8 Å². The zero-order chi connectivity index (χ0) is 28.6. The molecule has 8 nitrogen and oxygen atoms in total. The Kier molecular flexibility index (Phi) is 8.10. The van der Waals surface area contributed by atoms with Crippen molar-refractivity contribution in [1.29, 1.82) is 0 Å². The minimum atomic E-state index is -1.37. The van der Waals surface area contributed by atoms with Crippen molar-refractivity contribution in [2.75, 3.05) is 29.9 Å². The van der Waals surface area contributed by atoms with Gasteiger partial charge in [0.15, 0.2) is 0 Å². The van der Waals surface area contributed by atoms with Crippen LogP contribution in [0.3, 0.4) is 0 Å². The van der Waals surface area contributed by atoms with Crippen LogP contribution in [0.4, 0.5) is 21.0 Å². The number of carbonyl (C=O) groups is 2. The van der Waals surface area contributed by atoms with Gasteiger partial charge in [0.2, 0.25) is 0 Å². The molecule has 1 aliphatic carbocycles. The summed E-state index contributed by atoms with van der Waals surface area (Å²) in [4.78, 5) is 35.8. The van der Waals surface area contributed by atoms with Gasteiger partial charge in [-0.1, -0.05) is 29.3 Å². The lowest BCUT2D eigenvalue weighted by Crippen LogP contribution is -2.52. The van der Waals surface area contributed by atoms with Gasteiger partial charge in [0.1, 0.15) is 5.75 Å². The Morgan fingerprint density at radius 2 is 1.62 bits per heavy atom. The number of carbonyl (C=O) groups excluding carboxylic acids is 1. The van der Waals surface area contributed by atoms with E-state index in [-0.39, 0.29) is 23.9 Å². The van der Waals surface area contributed by atoms with Gasteiger partial charge in [0.25, 0.3) is 0 Å². The van der Waals surface area contributed by atoms with Gasteiger partial charge in [-0.05, 0) is 93.1 Å². The number of ether oxygens (including phenoxy) is 1. The highest BCUT2D eigenvalue weighted by Gasteiger charge is 2.36. The summed E-state index contributed by atoms with van der Waals surface area (Å²) in [6.07, 6.45) is 1.68. The SMILES string of the molecule is Cc1cc(N2CCC(N(C(=O)N(C)C3CCc4ccc(OC(=O)O)cc43)c3cc(Cl)cc(Cl)c3)CC2)cc(C)n1. The molecule has 1 saturated heterocycles. The van der Waals surface area contributed by atoms with Gasteiger partial charge in [0, 0.05) is 59.0 Å². The van der Waals surface area contributed by atoms with Gasteiger partial charge in [-0.3, -0.25) is 9.88 Å². The van der Waals surface area contributed by atoms with Crippen LogP contribution in [0, 0.1) is 13.8 Å². The number of urea groups is 1. The minimum Gasteiger partial charge on any atom is -0.449 e. The molecule has 1 N–H and O–H groups in total. The summed E-state index contributed by atoms with van der Waals surface area (Å²) in [6.45, 7) is 5.58. The Hall–Kier alpha value is -3.49. The Morgan fingerprint density at radius 1 is 0.975 bits per heavy atom. The molecule has 1 unspecified atom stereocenters. The van der Waals surface area contributed by atoms with Crippen molar-refractivity contribution in [1.82, 2.24) is 9.88 Å². The number of halogens is 2. The fraction of sp³-hybridized carbons (Fsp3) is 0.367. The van der Waals surface area contributed by atoms with E-state index < -0.39 is 6.16 Å². The van der Waals surface area contributed by atoms with Crippen molar-refractivity contribution in [2.24, 2.45) is 0 Å². The summed E-state index contributed by atoms with van der Waals surface area (Å²) in [6, 6.07) is 14.2. The molecule has 0 saturated carbocycles. The summed E-state index contributed by atoms with van der Waals surface area (Å²) >= 11 is 12.8. The molecule has 1 atom stereocenters. The minimum absolute atomic E-state index is 0.0627. The van der Waals surface area contributed by atoms with Crippen LogP contribution >= 0.6 is 23.2 Å². The van der Waals surface area contributed by atoms with Crippen LogP contribution in [-0.4, -0.2) is 53.4 Å². The van der Waals surface area contributed by atoms with Crippen LogP contribution < -0.4 is 14.5 Å². The van der Waals surface area contributed by atoms with E-state index >= 15 is 0 Å². The summed E-state index contributed by atoms with van der Waals surface area (Å²) in [7, 11) is 1.80. The van der Waals surface area contributed by atoms with Gasteiger partial charge >= 0.3 is 12.2 Å². The topological polar surface area (TPSA) is 86.2 Å². The van der Waals surface area contributed by atoms with E-state index in [1.807, 2.05) is 24.8 Å². The maximum absolute atomic E-state index is 14.3. The molecule has 2 amide bonds. The van der Waals surface area contributed by atoms with Gasteiger partial charge in [-0.15, -0.1) is 0 Å². The number of pyridine rings is 1. The molecule has 0 bridgehead atoms. The summed E-state index contributed by atoms with van der Waals surface area (Å²) in [5.74, 6) is 0.242. The van der Waals surface area contributed by atoms with Crippen molar-refractivity contribution in [3.63, 3.8) is 0 Å². The van der Waals surface area contributed by atoms with E-state index in [4.69, 9.17) is 33.0 Å². The second-order valence-corrected chi connectivity index (χ2v) is 11.4. The number of carboxylic acid groups (broad SMARTS) is 1. The highest BCUT2D eigenvalue weighted by Crippen LogP contribution is 2.39. The van der Waals surface area contributed by atoms with Crippen molar-refractivity contribution < 1.29 is 19.4 Å². The summed E-state index contributed by atoms with van der Waals surface area (Å²) < 4.78 is 4.89. The molecule has 10 heteroatoms. The molecule has 1 fully saturated rings. The maximum Gasteiger partial charge on any atom is 0.511 e. The number of amides is 2. The Bertz CT molecular complexity index is 1400. The number of aromatic nitrogens is 1. The van der Waals surface area contributed by atoms with Gasteiger partial charge in [-0.25, -0.2) is 9.59 Å². The molecule has 2 aliphatic rings. The number of fused-ring (bicyclic) bond motifs is 1. The highest BCUT2D eigenvalue weighted by molar-refractivity contribution is 6.35. The predicted octanol–water partition coefficient (Wildman–Crippen LogP) is 7.28. The van der Waals surface area contributed by atoms with Crippen molar-refractivity contribution in [2.45, 2.75) is 51.6 Å². The summed E-state index contributed by atoms with van der Waals surface area (Å²) in [5.41, 5.74) is 5.75. The predicted molar refractivity (Wildman–Crippen MR) is 157 cm³/mol. The lowest BCUT2D eigenvalue weighted by atomic mass is 10.0. The first kappa shape index (κ1) is 28.1. The van der Waals surface area contributed by atoms with E-state index in [0.717, 1.165) is 67.0 Å². The van der Waals surface area contributed by atoms with Crippen LogP contribution in [0.1, 0.15) is 47.8 Å². The van der Waals surface area contributed by atoms with Gasteiger partial charge in [0.05, 0.1) is 6.04 Å². The fourth-order valence-electron chi connectivity index (χ4n) is 5.96. The monoisotopic (exact) mass is 582 g/mol. The average molecular weight is 584 g/mol. The largest absolute Gasteiger partial charge is 0.511 e. The summed E-state index contributed by atoms with van der Waals surface area (Å²) in [5, 5.41) is 9.99. The number of nitrogens with zero attached hydrogens (tertiary/aromatic N) is 4. The zero-order valence-electron chi connectivity index (χ0n) is 22.7. The molecular formula is C30H32Cl2N4O4. The zero-order valence-corrected chi connectivity index (χ0v) is 24.2. The number of hydrogen-bond acceptors (Lipinski definition) is 5. The first-order valence-corrected chi connectivity index (χ1v) is 14.1. The van der Waals surface area contributed by atoms with E-state index in [0.29, 0.717) is 15.7 Å². The van der Waals surface area contributed by atoms with Crippen LogP contribution in [0.15, 0.2) is 48.5 Å². The molecule has 0 radical (unpaired) electrons. The Balaban J connectivity index is 1.41. The second kappa shape index (κ2) is 11.6. The molecule has 2 heterocycles. The van der Waals surface area contributed by atoms with Gasteiger partial charge < -0.3 is 19.6 Å². The first-order chi connectivity index (χ1) is 19.1. The van der Waals surface area contributed by atoms with E-state index in [9.17, 15) is 9.59 Å². The highest BCUT2D eigenvalue weighted by atomic mass is 35.5. The van der Waals surface area contributed by atoms with Crippen LogP contribution in [0.25, 0.3) is 0 Å². The molecule has 40 heavy (non-hydrogen) atoms. The quantitative estimate of drug-likeness (QED) is 0.251. The number of rotatable bonds is 5. The standard InChI is InChI=1S/C30H32Cl2N4O4/c1-18-12-24(13-19(2)33-18)35-10-8-23(9-11-35)36(25-15-21(31)14-22(32)16-25)29(37)34(3)28-7-5-20-4-6-26(17-27(20)28)40-30(38)39/h4,6,12-17,23,28H,5,7-11H2,1-3H3,(H,38,39). The molecule has 0 spiro atoms. The second-order valence-electron chi connectivity index (χ2n) is 10.5. The molecule has 210 valence electrons. The molecular weight excluding hydrogens is 551 g/mol. The van der Waals surface area contributed by atoms with Crippen molar-refractivity contribution in [3.8, 4) is 5.75 Å². The first-order valence-electron chi connectivity index (χ1n) is 13.3. The number of piperidine rings is 1. The Morgan fingerprint density at radius 3 is 2.25 bits per heavy atom. The lowest BCUT2D eigenvalue weighted by molar-refractivity contribution is 0.144. The maximum atomic E-state index is 14.3. The number of benzene rings is 2. The third kappa shape index (κ3) is 5.98. The number of anilines is 2. The number of aryl methyl sites for hydroxylation is 3. The third-order valence-corrected chi connectivity index (χ3v) is 8.17. The lowest BCUT2D eigenvalue weighted by Gasteiger charge is -2.42. The van der Waals surface area contributed by atoms with Crippen LogP contribution in [0.5, 0.6) is 5.75 Å². The molecule has 2 aromatic carbocycles. The normalized spacial score (nSPS) is 16.9. The fourth-order valence-corrected chi connectivity index (χ4v) is 6.48. The molecule has 1 aliphatic heterocycles. The average Bonchev–Trinajstić information content (AvgIpc) is 3.30. The third-order valence-electron chi connectivity index (χ3n) is 7.73. The molecule has 5 rings (SSSR count). The van der Waals surface area contributed by atoms with Crippen LogP contribution in [0.2, 0.25) is 10.0 Å². The smallest absolute Gasteiger partial charge is 0.449 e. The van der Waals surface area contributed by atoms with Crippen LogP contribution in [-0.2, 0) is 6.42 Å². The van der Waals surface area contributed by atoms with E-state index in [2.05, 4.69) is 22.0 Å². The van der Waals surface area contributed by atoms with E-state index in [1.54, 1.807) is 42.3 Å². The van der Waals surface area contributed by atoms with Crippen molar-refractivity contribution in [3.05, 3.63) is 81.1 Å².